The highest BCUT2D eigenvalue weighted by molar-refractivity contribution is 5.96. The average Bonchev–Trinajstić information content (AvgIpc) is 3.29. The molecule has 0 aliphatic carbocycles. The molecular formula is C28H30N4O4. The van der Waals surface area contributed by atoms with Crippen LogP contribution in [0.15, 0.2) is 72.9 Å². The van der Waals surface area contributed by atoms with E-state index >= 15 is 0 Å². The van der Waals surface area contributed by atoms with Gasteiger partial charge in [0, 0.05) is 13.2 Å². The van der Waals surface area contributed by atoms with Gasteiger partial charge in [-0.05, 0) is 48.4 Å². The molecule has 2 aromatic carbocycles. The predicted molar refractivity (Wildman–Crippen MR) is 139 cm³/mol. The molecule has 0 saturated carbocycles. The number of carbonyl (C=O) groups is 2. The van der Waals surface area contributed by atoms with Gasteiger partial charge in [-0.25, -0.2) is 4.98 Å². The second-order valence-corrected chi connectivity index (χ2v) is 8.28. The van der Waals surface area contributed by atoms with Crippen LogP contribution in [0.5, 0.6) is 11.5 Å². The zero-order valence-corrected chi connectivity index (χ0v) is 20.7. The molecular weight excluding hydrogens is 456 g/mol. The first-order chi connectivity index (χ1) is 17.5. The van der Waals surface area contributed by atoms with E-state index in [1.165, 1.54) is 0 Å². The van der Waals surface area contributed by atoms with Crippen molar-refractivity contribution in [2.75, 3.05) is 32.2 Å². The highest BCUT2D eigenvalue weighted by Gasteiger charge is 2.21. The fourth-order valence-corrected chi connectivity index (χ4v) is 3.92. The number of hydrogen-bond acceptors (Lipinski definition) is 5. The van der Waals surface area contributed by atoms with E-state index in [9.17, 15) is 9.59 Å². The summed E-state index contributed by atoms with van der Waals surface area (Å²) in [5, 5.41) is 2.88. The van der Waals surface area contributed by atoms with Crippen LogP contribution < -0.4 is 19.7 Å². The predicted octanol–water partition coefficient (Wildman–Crippen LogP) is 3.92. The number of likely N-dealkylation sites (N-methyl/N-ethyl adjacent to an activating group) is 1. The smallest absolute Gasteiger partial charge is 0.252 e. The van der Waals surface area contributed by atoms with Crippen molar-refractivity contribution < 1.29 is 19.1 Å². The Morgan fingerprint density at radius 3 is 2.42 bits per heavy atom. The highest BCUT2D eigenvalue weighted by Crippen LogP contribution is 2.24. The lowest BCUT2D eigenvalue weighted by Gasteiger charge is -2.18. The number of anilines is 1. The summed E-state index contributed by atoms with van der Waals surface area (Å²) in [4.78, 5) is 32.2. The third-order valence-electron chi connectivity index (χ3n) is 5.87. The first-order valence-corrected chi connectivity index (χ1v) is 11.9. The van der Waals surface area contributed by atoms with Crippen LogP contribution in [-0.4, -0.2) is 48.5 Å². The standard InChI is InChI=1S/C28H30N4O4/c1-4-24-28(31(2)26(33)18-20-8-6-5-7-9-20)32-19-21(10-15-25(32)30-24)27(34)29-16-17-36-23-13-11-22(35-3)12-14-23/h5-15,19H,4,16-18H2,1-3H3,(H,29,34). The summed E-state index contributed by atoms with van der Waals surface area (Å²) in [5.41, 5.74) is 2.89. The molecule has 0 fully saturated rings. The Morgan fingerprint density at radius 1 is 1.00 bits per heavy atom. The largest absolute Gasteiger partial charge is 0.497 e. The van der Waals surface area contributed by atoms with E-state index in [-0.39, 0.29) is 18.2 Å². The molecule has 2 aromatic heterocycles. The van der Waals surface area contributed by atoms with Gasteiger partial charge in [-0.3, -0.25) is 18.9 Å². The Labute approximate surface area is 210 Å². The molecule has 8 nitrogen and oxygen atoms in total. The van der Waals surface area contributed by atoms with Crippen LogP contribution in [0.2, 0.25) is 0 Å². The van der Waals surface area contributed by atoms with E-state index in [1.807, 2.05) is 65.9 Å². The van der Waals surface area contributed by atoms with Crippen LogP contribution in [0.3, 0.4) is 0 Å². The molecule has 8 heteroatoms. The molecule has 0 aliphatic heterocycles. The van der Waals surface area contributed by atoms with Crippen LogP contribution in [0.1, 0.15) is 28.5 Å². The summed E-state index contributed by atoms with van der Waals surface area (Å²) >= 11 is 0. The molecule has 0 aliphatic rings. The summed E-state index contributed by atoms with van der Waals surface area (Å²) in [5.74, 6) is 1.84. The van der Waals surface area contributed by atoms with Gasteiger partial charge in [0.25, 0.3) is 5.91 Å². The van der Waals surface area contributed by atoms with Crippen molar-refractivity contribution in [1.82, 2.24) is 14.7 Å². The van der Waals surface area contributed by atoms with Crippen molar-refractivity contribution >= 4 is 23.3 Å². The molecule has 0 radical (unpaired) electrons. The van der Waals surface area contributed by atoms with Gasteiger partial charge in [0.05, 0.1) is 31.3 Å². The summed E-state index contributed by atoms with van der Waals surface area (Å²) < 4.78 is 12.6. The zero-order chi connectivity index (χ0) is 25.5. The zero-order valence-electron chi connectivity index (χ0n) is 20.7. The summed E-state index contributed by atoms with van der Waals surface area (Å²) in [7, 11) is 3.36. The Balaban J connectivity index is 1.45. The fraction of sp³-hybridized carbons (Fsp3) is 0.250. The molecule has 36 heavy (non-hydrogen) atoms. The van der Waals surface area contributed by atoms with E-state index in [1.54, 1.807) is 37.4 Å². The van der Waals surface area contributed by atoms with Crippen molar-refractivity contribution in [3.05, 3.63) is 89.7 Å². The number of imidazole rings is 1. The number of fused-ring (bicyclic) bond motifs is 1. The number of amides is 2. The number of hydrogen-bond donors (Lipinski definition) is 1. The molecule has 1 N–H and O–H groups in total. The van der Waals surface area contributed by atoms with Gasteiger partial charge < -0.3 is 14.8 Å². The fourth-order valence-electron chi connectivity index (χ4n) is 3.92. The Kier molecular flexibility index (Phi) is 7.85. The minimum Gasteiger partial charge on any atom is -0.497 e. The summed E-state index contributed by atoms with van der Waals surface area (Å²) in [6.45, 7) is 2.67. The van der Waals surface area contributed by atoms with Crippen LogP contribution in [0.4, 0.5) is 5.82 Å². The second-order valence-electron chi connectivity index (χ2n) is 8.28. The summed E-state index contributed by atoms with van der Waals surface area (Å²) in [6.07, 6.45) is 2.66. The van der Waals surface area contributed by atoms with E-state index in [2.05, 4.69) is 10.3 Å². The van der Waals surface area contributed by atoms with Crippen LogP contribution in [0.25, 0.3) is 5.65 Å². The lowest BCUT2D eigenvalue weighted by Crippen LogP contribution is -2.30. The first-order valence-electron chi connectivity index (χ1n) is 11.9. The number of aryl methyl sites for hydroxylation is 1. The van der Waals surface area contributed by atoms with Gasteiger partial charge >= 0.3 is 0 Å². The average molecular weight is 487 g/mol. The minimum absolute atomic E-state index is 0.0526. The molecule has 0 atom stereocenters. The Morgan fingerprint density at radius 2 is 1.72 bits per heavy atom. The molecule has 2 amide bonds. The number of carbonyl (C=O) groups excluding carboxylic acids is 2. The topological polar surface area (TPSA) is 85.2 Å². The number of methoxy groups -OCH3 is 1. The number of ether oxygens (including phenoxy) is 2. The maximum absolute atomic E-state index is 13.1. The number of rotatable bonds is 10. The van der Waals surface area contributed by atoms with Gasteiger partial charge in [-0.2, -0.15) is 0 Å². The monoisotopic (exact) mass is 486 g/mol. The van der Waals surface area contributed by atoms with E-state index < -0.39 is 0 Å². The third-order valence-corrected chi connectivity index (χ3v) is 5.87. The van der Waals surface area contributed by atoms with Gasteiger partial charge in [-0.1, -0.05) is 37.3 Å². The molecule has 4 rings (SSSR count). The molecule has 0 unspecified atom stereocenters. The Bertz CT molecular complexity index is 1330. The van der Waals surface area contributed by atoms with Gasteiger partial charge in [0.2, 0.25) is 5.91 Å². The van der Waals surface area contributed by atoms with Crippen molar-refractivity contribution in [2.45, 2.75) is 19.8 Å². The molecule has 2 heterocycles. The van der Waals surface area contributed by atoms with Crippen LogP contribution in [0, 0.1) is 0 Å². The van der Waals surface area contributed by atoms with Crippen molar-refractivity contribution in [3.63, 3.8) is 0 Å². The lowest BCUT2D eigenvalue weighted by molar-refractivity contribution is -0.117. The van der Waals surface area contributed by atoms with E-state index in [0.717, 1.165) is 17.0 Å². The number of benzene rings is 2. The molecule has 0 saturated heterocycles. The summed E-state index contributed by atoms with van der Waals surface area (Å²) in [6, 6.07) is 20.4. The molecule has 4 aromatic rings. The SMILES string of the molecule is CCc1nc2ccc(C(=O)NCCOc3ccc(OC)cc3)cn2c1N(C)C(=O)Cc1ccccc1. The number of nitrogens with zero attached hydrogens (tertiary/aromatic N) is 3. The lowest BCUT2D eigenvalue weighted by atomic mass is 10.1. The van der Waals surface area contributed by atoms with Crippen LogP contribution in [-0.2, 0) is 17.6 Å². The maximum Gasteiger partial charge on any atom is 0.252 e. The highest BCUT2D eigenvalue weighted by atomic mass is 16.5. The third kappa shape index (κ3) is 5.66. The number of nitrogens with one attached hydrogen (secondary N) is 1. The van der Waals surface area contributed by atoms with E-state index in [0.29, 0.717) is 42.4 Å². The number of aromatic nitrogens is 2. The molecule has 0 bridgehead atoms. The van der Waals surface area contributed by atoms with Crippen molar-refractivity contribution in [2.24, 2.45) is 0 Å². The van der Waals surface area contributed by atoms with Gasteiger partial charge in [-0.15, -0.1) is 0 Å². The minimum atomic E-state index is -0.230. The van der Waals surface area contributed by atoms with Crippen molar-refractivity contribution in [1.29, 1.82) is 0 Å². The van der Waals surface area contributed by atoms with Gasteiger partial charge in [0.15, 0.2) is 0 Å². The Hall–Kier alpha value is -4.33. The maximum atomic E-state index is 13.1. The van der Waals surface area contributed by atoms with Crippen molar-refractivity contribution in [3.8, 4) is 11.5 Å². The number of pyridine rings is 1. The van der Waals surface area contributed by atoms with Gasteiger partial charge in [0.1, 0.15) is 29.6 Å². The second kappa shape index (κ2) is 11.4. The van der Waals surface area contributed by atoms with Crippen LogP contribution >= 0.6 is 0 Å². The molecule has 0 spiro atoms. The first kappa shape index (κ1) is 24.8. The quantitative estimate of drug-likeness (QED) is 0.344. The molecule has 186 valence electrons. The van der Waals surface area contributed by atoms with E-state index in [4.69, 9.17) is 9.47 Å². The normalized spacial score (nSPS) is 10.8.